The molecule has 1 aromatic heterocycles. The summed E-state index contributed by atoms with van der Waals surface area (Å²) in [6.45, 7) is 0. The van der Waals surface area contributed by atoms with Crippen LogP contribution in [0.25, 0.3) is 10.8 Å². The van der Waals surface area contributed by atoms with Gasteiger partial charge in [0.25, 0.3) is 0 Å². The third kappa shape index (κ3) is 1.48. The molecular formula is C10H6BrNO2. The van der Waals surface area contributed by atoms with Gasteiger partial charge in [0.1, 0.15) is 4.60 Å². The van der Waals surface area contributed by atoms with Gasteiger partial charge in [-0.3, -0.25) is 0 Å². The number of benzene rings is 1. The van der Waals surface area contributed by atoms with Gasteiger partial charge in [-0.25, -0.2) is 9.78 Å². The molecule has 2 aromatic rings. The van der Waals surface area contributed by atoms with Gasteiger partial charge in [0, 0.05) is 11.6 Å². The first-order chi connectivity index (χ1) is 6.68. The third-order valence-electron chi connectivity index (χ3n) is 1.96. The molecule has 0 saturated carbocycles. The van der Waals surface area contributed by atoms with Gasteiger partial charge in [-0.05, 0) is 39.5 Å². The summed E-state index contributed by atoms with van der Waals surface area (Å²) in [5.41, 5.74) is 0.288. The lowest BCUT2D eigenvalue weighted by Gasteiger charge is -2.00. The highest BCUT2D eigenvalue weighted by atomic mass is 79.9. The molecule has 3 nitrogen and oxygen atoms in total. The SMILES string of the molecule is O=C(O)c1ccc2c(Br)nccc2c1. The Hall–Kier alpha value is -1.42. The summed E-state index contributed by atoms with van der Waals surface area (Å²) in [5, 5.41) is 10.6. The number of fused-ring (bicyclic) bond motifs is 1. The van der Waals surface area contributed by atoms with Crippen LogP contribution in [0.2, 0.25) is 0 Å². The number of aromatic carboxylic acids is 1. The van der Waals surface area contributed by atoms with E-state index in [1.54, 1.807) is 30.5 Å². The number of carboxylic acids is 1. The van der Waals surface area contributed by atoms with E-state index in [-0.39, 0.29) is 5.56 Å². The summed E-state index contributed by atoms with van der Waals surface area (Å²) in [4.78, 5) is 14.8. The Balaban J connectivity index is 2.73. The average Bonchev–Trinajstić information content (AvgIpc) is 2.17. The molecule has 0 aliphatic heterocycles. The Bertz CT molecular complexity index is 510. The van der Waals surface area contributed by atoms with Crippen molar-refractivity contribution < 1.29 is 9.90 Å². The molecule has 1 heterocycles. The Morgan fingerprint density at radius 2 is 2.14 bits per heavy atom. The number of halogens is 1. The molecule has 0 unspecified atom stereocenters. The molecule has 4 heteroatoms. The molecule has 1 aromatic carbocycles. The minimum Gasteiger partial charge on any atom is -0.478 e. The van der Waals surface area contributed by atoms with Gasteiger partial charge < -0.3 is 5.11 Å². The van der Waals surface area contributed by atoms with Crippen LogP contribution in [0.3, 0.4) is 0 Å². The van der Waals surface area contributed by atoms with Gasteiger partial charge in [0.05, 0.1) is 5.56 Å². The molecule has 0 aliphatic rings. The lowest BCUT2D eigenvalue weighted by Crippen LogP contribution is -1.95. The van der Waals surface area contributed by atoms with E-state index in [1.807, 2.05) is 0 Å². The second-order valence-electron chi connectivity index (χ2n) is 2.84. The van der Waals surface area contributed by atoms with Crippen LogP contribution in [0.5, 0.6) is 0 Å². The number of hydrogen-bond acceptors (Lipinski definition) is 2. The third-order valence-corrected chi connectivity index (χ3v) is 2.59. The highest BCUT2D eigenvalue weighted by Gasteiger charge is 2.04. The second-order valence-corrected chi connectivity index (χ2v) is 3.59. The number of aromatic nitrogens is 1. The Morgan fingerprint density at radius 1 is 1.36 bits per heavy atom. The van der Waals surface area contributed by atoms with E-state index < -0.39 is 5.97 Å². The zero-order valence-electron chi connectivity index (χ0n) is 7.07. The zero-order chi connectivity index (χ0) is 10.1. The first-order valence-corrected chi connectivity index (χ1v) is 4.75. The van der Waals surface area contributed by atoms with Crippen LogP contribution in [0.1, 0.15) is 10.4 Å². The molecule has 70 valence electrons. The number of nitrogens with zero attached hydrogens (tertiary/aromatic N) is 1. The minimum absolute atomic E-state index is 0.288. The normalized spacial score (nSPS) is 10.4. The zero-order valence-corrected chi connectivity index (χ0v) is 8.65. The lowest BCUT2D eigenvalue weighted by molar-refractivity contribution is 0.0697. The lowest BCUT2D eigenvalue weighted by atomic mass is 10.1. The molecule has 2 rings (SSSR count). The molecule has 0 fully saturated rings. The van der Waals surface area contributed by atoms with E-state index in [0.717, 1.165) is 15.4 Å². The summed E-state index contributed by atoms with van der Waals surface area (Å²) in [6.07, 6.45) is 1.64. The van der Waals surface area contributed by atoms with Crippen molar-refractivity contribution in [2.24, 2.45) is 0 Å². The molecule has 0 spiro atoms. The van der Waals surface area contributed by atoms with Gasteiger partial charge in [0.15, 0.2) is 0 Å². The van der Waals surface area contributed by atoms with Crippen LogP contribution in [0.4, 0.5) is 0 Å². The molecule has 0 bridgehead atoms. The fourth-order valence-corrected chi connectivity index (χ4v) is 1.75. The molecule has 0 amide bonds. The van der Waals surface area contributed by atoms with Gasteiger partial charge in [-0.15, -0.1) is 0 Å². The molecule has 0 atom stereocenters. The summed E-state index contributed by atoms with van der Waals surface area (Å²) >= 11 is 3.30. The number of carboxylic acid groups (broad SMARTS) is 1. The fraction of sp³-hybridized carbons (Fsp3) is 0. The van der Waals surface area contributed by atoms with Gasteiger partial charge in [-0.2, -0.15) is 0 Å². The second kappa shape index (κ2) is 3.38. The van der Waals surface area contributed by atoms with Crippen molar-refractivity contribution in [2.75, 3.05) is 0 Å². The number of rotatable bonds is 1. The number of pyridine rings is 1. The van der Waals surface area contributed by atoms with E-state index >= 15 is 0 Å². The first kappa shape index (κ1) is 9.15. The molecular weight excluding hydrogens is 246 g/mol. The topological polar surface area (TPSA) is 50.2 Å². The van der Waals surface area contributed by atoms with Gasteiger partial charge >= 0.3 is 5.97 Å². The van der Waals surface area contributed by atoms with Crippen molar-refractivity contribution in [3.05, 3.63) is 40.6 Å². The average molecular weight is 252 g/mol. The summed E-state index contributed by atoms with van der Waals surface area (Å²) < 4.78 is 0.729. The number of carbonyl (C=O) groups is 1. The Morgan fingerprint density at radius 3 is 2.86 bits per heavy atom. The van der Waals surface area contributed by atoms with Crippen LogP contribution in [-0.4, -0.2) is 16.1 Å². The molecule has 14 heavy (non-hydrogen) atoms. The van der Waals surface area contributed by atoms with Crippen LogP contribution >= 0.6 is 15.9 Å². The smallest absolute Gasteiger partial charge is 0.335 e. The summed E-state index contributed by atoms with van der Waals surface area (Å²) in [7, 11) is 0. The monoisotopic (exact) mass is 251 g/mol. The Labute approximate surface area is 88.5 Å². The van der Waals surface area contributed by atoms with Crippen LogP contribution in [0.15, 0.2) is 35.1 Å². The van der Waals surface area contributed by atoms with E-state index in [1.165, 1.54) is 0 Å². The van der Waals surface area contributed by atoms with Crippen LogP contribution < -0.4 is 0 Å². The summed E-state index contributed by atoms with van der Waals surface area (Å²) in [6, 6.07) is 6.73. The maximum absolute atomic E-state index is 10.7. The van der Waals surface area contributed by atoms with Crippen molar-refractivity contribution in [2.45, 2.75) is 0 Å². The molecule has 0 radical (unpaired) electrons. The summed E-state index contributed by atoms with van der Waals surface area (Å²) in [5.74, 6) is -0.917. The maximum Gasteiger partial charge on any atom is 0.335 e. The van der Waals surface area contributed by atoms with E-state index in [9.17, 15) is 4.79 Å². The Kier molecular flexibility index (Phi) is 2.21. The molecule has 0 saturated heterocycles. The van der Waals surface area contributed by atoms with Crippen molar-refractivity contribution in [1.29, 1.82) is 0 Å². The fourth-order valence-electron chi connectivity index (χ4n) is 1.27. The first-order valence-electron chi connectivity index (χ1n) is 3.96. The van der Waals surface area contributed by atoms with E-state index in [2.05, 4.69) is 20.9 Å². The van der Waals surface area contributed by atoms with Crippen LogP contribution in [-0.2, 0) is 0 Å². The standard InChI is InChI=1S/C10H6BrNO2/c11-9-8-2-1-7(10(13)14)5-6(8)3-4-12-9/h1-5H,(H,13,14). The van der Waals surface area contributed by atoms with E-state index in [0.29, 0.717) is 0 Å². The predicted molar refractivity (Wildman–Crippen MR) is 56.4 cm³/mol. The largest absolute Gasteiger partial charge is 0.478 e. The van der Waals surface area contributed by atoms with Crippen molar-refractivity contribution in [3.8, 4) is 0 Å². The van der Waals surface area contributed by atoms with Crippen molar-refractivity contribution in [1.82, 2.24) is 4.98 Å². The van der Waals surface area contributed by atoms with E-state index in [4.69, 9.17) is 5.11 Å². The van der Waals surface area contributed by atoms with Crippen molar-refractivity contribution >= 4 is 32.7 Å². The quantitative estimate of drug-likeness (QED) is 0.794. The van der Waals surface area contributed by atoms with Crippen molar-refractivity contribution in [3.63, 3.8) is 0 Å². The van der Waals surface area contributed by atoms with Gasteiger partial charge in [0.2, 0.25) is 0 Å². The highest BCUT2D eigenvalue weighted by molar-refractivity contribution is 9.10. The predicted octanol–water partition coefficient (Wildman–Crippen LogP) is 2.70. The molecule has 1 N–H and O–H groups in total. The maximum atomic E-state index is 10.7. The highest BCUT2D eigenvalue weighted by Crippen LogP contribution is 2.22. The molecule has 0 aliphatic carbocycles. The van der Waals surface area contributed by atoms with Gasteiger partial charge in [-0.1, -0.05) is 6.07 Å². The van der Waals surface area contributed by atoms with Crippen LogP contribution in [0, 0.1) is 0 Å². The number of hydrogen-bond donors (Lipinski definition) is 1. The minimum atomic E-state index is -0.917.